The van der Waals surface area contributed by atoms with Gasteiger partial charge in [-0.1, -0.05) is 103 Å². The highest BCUT2D eigenvalue weighted by molar-refractivity contribution is 5.67. The van der Waals surface area contributed by atoms with Gasteiger partial charge >= 0.3 is 12.2 Å². The molecule has 8 nitrogen and oxygen atoms in total. The number of carbonyl (C=O) groups is 2. The minimum absolute atomic E-state index is 0.125. The molecule has 2 atom stereocenters. The van der Waals surface area contributed by atoms with Crippen molar-refractivity contribution in [1.82, 2.24) is 15.6 Å². The fourth-order valence-corrected chi connectivity index (χ4v) is 6.01. The molecule has 0 spiro atoms. The van der Waals surface area contributed by atoms with Crippen molar-refractivity contribution in [2.75, 3.05) is 19.8 Å². The zero-order valence-electron chi connectivity index (χ0n) is 28.7. The van der Waals surface area contributed by atoms with Crippen molar-refractivity contribution in [2.45, 2.75) is 168 Å². The van der Waals surface area contributed by atoms with Gasteiger partial charge in [-0.15, -0.1) is 0 Å². The Bertz CT molecular complexity index is 937. The maximum Gasteiger partial charge on any atom is 0.407 e. The van der Waals surface area contributed by atoms with Gasteiger partial charge in [0.25, 0.3) is 0 Å². The lowest BCUT2D eigenvalue weighted by molar-refractivity contribution is -0.126. The maximum absolute atomic E-state index is 12.3. The predicted molar refractivity (Wildman–Crippen MR) is 178 cm³/mol. The van der Waals surface area contributed by atoms with Crippen molar-refractivity contribution in [1.29, 1.82) is 0 Å². The predicted octanol–water partition coefficient (Wildman–Crippen LogP) is 9.24. The average molecular weight is 618 g/mol. The van der Waals surface area contributed by atoms with E-state index in [1.807, 2.05) is 39.8 Å². The number of unbranched alkanes of at least 4 members (excludes halogenated alkanes) is 15. The first-order valence-corrected chi connectivity index (χ1v) is 17.6. The van der Waals surface area contributed by atoms with Crippen LogP contribution in [-0.2, 0) is 20.8 Å². The molecule has 0 unspecified atom stereocenters. The van der Waals surface area contributed by atoms with Crippen LogP contribution in [0.1, 0.15) is 153 Å². The van der Waals surface area contributed by atoms with E-state index in [4.69, 9.17) is 14.2 Å². The van der Waals surface area contributed by atoms with E-state index in [0.29, 0.717) is 25.9 Å². The molecule has 8 heteroatoms. The average Bonchev–Trinajstić information content (AvgIpc) is 3.30. The van der Waals surface area contributed by atoms with Gasteiger partial charge in [-0.2, -0.15) is 0 Å². The van der Waals surface area contributed by atoms with Gasteiger partial charge in [-0.3, -0.25) is 4.98 Å². The molecule has 0 bridgehead atoms. The molecule has 1 aromatic rings. The topological polar surface area (TPSA) is 98.8 Å². The molecule has 2 rings (SSSR count). The van der Waals surface area contributed by atoms with Crippen LogP contribution in [0.4, 0.5) is 9.59 Å². The molecule has 1 aliphatic rings. The number of alkyl carbamates (subject to hydrolysis) is 2. The maximum atomic E-state index is 12.3. The summed E-state index contributed by atoms with van der Waals surface area (Å²) in [5.74, 6) is 0. The number of aromatic nitrogens is 1. The Morgan fingerprint density at radius 3 is 1.66 bits per heavy atom. The summed E-state index contributed by atoms with van der Waals surface area (Å²) in [6.45, 7) is 11.3. The van der Waals surface area contributed by atoms with E-state index >= 15 is 0 Å². The van der Waals surface area contributed by atoms with E-state index in [9.17, 15) is 9.59 Å². The molecule has 0 radical (unpaired) electrons. The first kappa shape index (κ1) is 37.8. The van der Waals surface area contributed by atoms with E-state index in [1.54, 1.807) is 0 Å². The highest BCUT2D eigenvalue weighted by atomic mass is 16.6. The summed E-state index contributed by atoms with van der Waals surface area (Å²) in [4.78, 5) is 28.9. The molecular weight excluding hydrogens is 554 g/mol. The Morgan fingerprint density at radius 1 is 0.727 bits per heavy atom. The molecule has 252 valence electrons. The quantitative estimate of drug-likeness (QED) is 0.119. The third-order valence-electron chi connectivity index (χ3n) is 8.56. The van der Waals surface area contributed by atoms with Crippen molar-refractivity contribution in [3.05, 3.63) is 29.1 Å². The van der Waals surface area contributed by atoms with Crippen molar-refractivity contribution >= 4 is 12.2 Å². The molecule has 1 aromatic heterocycles. The van der Waals surface area contributed by atoms with Gasteiger partial charge in [0.15, 0.2) is 0 Å². The van der Waals surface area contributed by atoms with Gasteiger partial charge in [-0.05, 0) is 64.7 Å². The number of pyridine rings is 1. The third kappa shape index (κ3) is 17.2. The van der Waals surface area contributed by atoms with Gasteiger partial charge in [-0.25, -0.2) is 9.59 Å². The monoisotopic (exact) mass is 617 g/mol. The second-order valence-electron chi connectivity index (χ2n) is 13.5. The van der Waals surface area contributed by atoms with Crippen molar-refractivity contribution in [3.63, 3.8) is 0 Å². The minimum Gasteiger partial charge on any atom is -0.447 e. The van der Waals surface area contributed by atoms with Gasteiger partial charge < -0.3 is 24.8 Å². The summed E-state index contributed by atoms with van der Waals surface area (Å²) >= 11 is 0. The lowest BCUT2D eigenvalue weighted by Gasteiger charge is -2.29. The van der Waals surface area contributed by atoms with E-state index in [1.165, 1.54) is 89.9 Å². The molecule has 2 amide bonds. The summed E-state index contributed by atoms with van der Waals surface area (Å²) in [6.07, 6.45) is 21.8. The molecule has 2 heterocycles. The molecule has 0 aromatic carbocycles. The van der Waals surface area contributed by atoms with Crippen LogP contribution >= 0.6 is 0 Å². The molecule has 0 saturated carbocycles. The molecular formula is C36H63N3O5. The molecule has 0 aliphatic carbocycles. The number of nitrogens with zero attached hydrogens (tertiary/aromatic N) is 1. The van der Waals surface area contributed by atoms with Crippen LogP contribution < -0.4 is 10.6 Å². The van der Waals surface area contributed by atoms with E-state index < -0.39 is 23.4 Å². The Labute approximate surface area is 268 Å². The fourth-order valence-electron chi connectivity index (χ4n) is 6.01. The smallest absolute Gasteiger partial charge is 0.407 e. The first-order chi connectivity index (χ1) is 21.1. The standard InChI is InChI=1S/C36H63N3O5/c1-6-7-8-9-10-11-12-13-14-15-16-17-18-19-20-21-24-37-33(40)42-28-35(4)22-23-36(5,44-35)29-43-34(41)38-27-32-26-30(2)25-31(3)39-32/h25-26H,6-24,27-29H2,1-5H3,(H,37,40)(H,38,41)/t35-,36+/m0/s1. The van der Waals surface area contributed by atoms with Crippen LogP contribution in [-0.4, -0.2) is 48.1 Å². The number of rotatable bonds is 23. The summed E-state index contributed by atoms with van der Waals surface area (Å²) < 4.78 is 17.2. The van der Waals surface area contributed by atoms with E-state index in [-0.39, 0.29) is 13.2 Å². The third-order valence-corrected chi connectivity index (χ3v) is 8.56. The van der Waals surface area contributed by atoms with Crippen molar-refractivity contribution in [2.24, 2.45) is 0 Å². The van der Waals surface area contributed by atoms with Gasteiger partial charge in [0, 0.05) is 12.2 Å². The zero-order valence-corrected chi connectivity index (χ0v) is 28.7. The van der Waals surface area contributed by atoms with Crippen LogP contribution in [0, 0.1) is 13.8 Å². The molecule has 44 heavy (non-hydrogen) atoms. The Balaban J connectivity index is 1.44. The van der Waals surface area contributed by atoms with Crippen LogP contribution in [0.3, 0.4) is 0 Å². The molecule has 2 N–H and O–H groups in total. The first-order valence-electron chi connectivity index (χ1n) is 17.6. The lowest BCUT2D eigenvalue weighted by atomic mass is 9.99. The molecule has 1 fully saturated rings. The highest BCUT2D eigenvalue weighted by Crippen LogP contribution is 2.38. The van der Waals surface area contributed by atoms with Crippen molar-refractivity contribution in [3.8, 4) is 0 Å². The Kier molecular flexibility index (Phi) is 18.4. The molecule has 1 aliphatic heterocycles. The van der Waals surface area contributed by atoms with Gasteiger partial charge in [0.1, 0.15) is 24.4 Å². The largest absolute Gasteiger partial charge is 0.447 e. The van der Waals surface area contributed by atoms with E-state index in [2.05, 4.69) is 22.5 Å². The number of carbonyl (C=O) groups excluding carboxylic acids is 2. The highest BCUT2D eigenvalue weighted by Gasteiger charge is 2.45. The normalized spacial score (nSPS) is 19.6. The second-order valence-corrected chi connectivity index (χ2v) is 13.5. The van der Waals surface area contributed by atoms with Crippen LogP contribution in [0.5, 0.6) is 0 Å². The second kappa shape index (κ2) is 21.4. The summed E-state index contributed by atoms with van der Waals surface area (Å²) in [6, 6.07) is 3.93. The minimum atomic E-state index is -0.627. The summed E-state index contributed by atoms with van der Waals surface area (Å²) in [5, 5.41) is 5.62. The SMILES string of the molecule is CCCCCCCCCCCCCCCCCCNC(=O)OC[C@]1(C)CC[C@](C)(COC(=O)NCc2cc(C)cc(C)n2)O1. The van der Waals surface area contributed by atoms with Crippen LogP contribution in [0.2, 0.25) is 0 Å². The number of aryl methyl sites for hydroxylation is 2. The zero-order chi connectivity index (χ0) is 32.1. The summed E-state index contributed by atoms with van der Waals surface area (Å²) in [5.41, 5.74) is 1.57. The summed E-state index contributed by atoms with van der Waals surface area (Å²) in [7, 11) is 0. The van der Waals surface area contributed by atoms with Gasteiger partial charge in [0.2, 0.25) is 0 Å². The van der Waals surface area contributed by atoms with Crippen LogP contribution in [0.15, 0.2) is 12.1 Å². The number of ether oxygens (including phenoxy) is 3. The van der Waals surface area contributed by atoms with Gasteiger partial charge in [0.05, 0.1) is 12.2 Å². The Morgan fingerprint density at radius 2 is 1.18 bits per heavy atom. The Hall–Kier alpha value is -2.35. The fraction of sp³-hybridized carbons (Fsp3) is 0.806. The van der Waals surface area contributed by atoms with Crippen LogP contribution in [0.25, 0.3) is 0 Å². The number of hydrogen-bond acceptors (Lipinski definition) is 6. The van der Waals surface area contributed by atoms with Crippen molar-refractivity contribution < 1.29 is 23.8 Å². The van der Waals surface area contributed by atoms with E-state index in [0.717, 1.165) is 29.8 Å². The number of hydrogen-bond donors (Lipinski definition) is 2. The molecule has 1 saturated heterocycles. The number of amides is 2. The number of nitrogens with one attached hydrogen (secondary N) is 2. The lowest BCUT2D eigenvalue weighted by Crippen LogP contribution is -2.40.